The molecule has 1 saturated heterocycles. The highest BCUT2D eigenvalue weighted by Crippen LogP contribution is 2.34. The normalized spacial score (nSPS) is 16.4. The summed E-state index contributed by atoms with van der Waals surface area (Å²) in [5.74, 6) is 0.351. The average Bonchev–Trinajstić information content (AvgIpc) is 2.60. The van der Waals surface area contributed by atoms with Gasteiger partial charge in [-0.1, -0.05) is 46.8 Å². The largest absolute Gasteiger partial charge is 0.507 e. The molecule has 1 N–H and O–H groups in total. The van der Waals surface area contributed by atoms with Crippen LogP contribution in [0, 0.1) is 18.3 Å². The number of aromatic hydroxyl groups is 1. The number of phenols is 1. The van der Waals surface area contributed by atoms with Crippen molar-refractivity contribution in [2.45, 2.75) is 59.8 Å². The molecule has 0 spiro atoms. The quantitative estimate of drug-likeness (QED) is 0.754. The van der Waals surface area contributed by atoms with Crippen molar-refractivity contribution >= 4 is 5.97 Å². The lowest BCUT2D eigenvalue weighted by molar-refractivity contribution is -0.166. The molecule has 0 aromatic heterocycles. The number of hydrogen-bond acceptors (Lipinski definition) is 5. The lowest BCUT2D eigenvalue weighted by atomic mass is 9.80. The molecule has 0 saturated carbocycles. The van der Waals surface area contributed by atoms with Crippen molar-refractivity contribution in [3.63, 3.8) is 0 Å². The molecule has 1 aromatic rings. The van der Waals surface area contributed by atoms with Crippen LogP contribution in [0.4, 0.5) is 0 Å². The van der Waals surface area contributed by atoms with Gasteiger partial charge in [0.2, 0.25) is 0 Å². The van der Waals surface area contributed by atoms with E-state index in [2.05, 4.69) is 34.6 Å². The van der Waals surface area contributed by atoms with Crippen molar-refractivity contribution in [2.24, 2.45) is 11.3 Å². The number of ether oxygens (including phenoxy) is 3. The van der Waals surface area contributed by atoms with E-state index >= 15 is 0 Å². The molecule has 5 nitrogen and oxygen atoms in total. The Morgan fingerprint density at radius 3 is 2.41 bits per heavy atom. The molecule has 1 aromatic carbocycles. The first-order valence-corrected chi connectivity index (χ1v) is 9.65. The molecular weight excluding hydrogens is 344 g/mol. The smallest absolute Gasteiger partial charge is 0.306 e. The number of carbonyl (C=O) groups excluding carboxylic acids is 1. The first-order chi connectivity index (χ1) is 12.5. The van der Waals surface area contributed by atoms with E-state index in [1.54, 1.807) is 0 Å². The molecule has 0 radical (unpaired) electrons. The predicted octanol–water partition coefficient (Wildman–Crippen LogP) is 4.12. The Kier molecular flexibility index (Phi) is 6.92. The molecule has 0 atom stereocenters. The monoisotopic (exact) mass is 378 g/mol. The lowest BCUT2D eigenvalue weighted by Gasteiger charge is -2.35. The highest BCUT2D eigenvalue weighted by Gasteiger charge is 2.33. The van der Waals surface area contributed by atoms with E-state index in [0.29, 0.717) is 45.2 Å². The van der Waals surface area contributed by atoms with Crippen LogP contribution in [0.3, 0.4) is 0 Å². The third-order valence-electron chi connectivity index (χ3n) is 5.30. The third kappa shape index (κ3) is 5.94. The van der Waals surface area contributed by atoms with Crippen LogP contribution in [0.25, 0.3) is 0 Å². The minimum atomic E-state index is -0.205. The van der Waals surface area contributed by atoms with E-state index in [4.69, 9.17) is 14.2 Å². The summed E-state index contributed by atoms with van der Waals surface area (Å²) in [6, 6.07) is 3.94. The van der Waals surface area contributed by atoms with Gasteiger partial charge < -0.3 is 19.3 Å². The van der Waals surface area contributed by atoms with Gasteiger partial charge in [0, 0.05) is 17.8 Å². The van der Waals surface area contributed by atoms with Gasteiger partial charge in [-0.25, -0.2) is 0 Å². The third-order valence-corrected chi connectivity index (χ3v) is 5.30. The maximum Gasteiger partial charge on any atom is 0.306 e. The first-order valence-electron chi connectivity index (χ1n) is 9.65. The summed E-state index contributed by atoms with van der Waals surface area (Å²) in [7, 11) is 0. The number of phenolic OH excluding ortho intramolecular Hbond substituents is 1. The van der Waals surface area contributed by atoms with Gasteiger partial charge in [0.1, 0.15) is 12.5 Å². The maximum absolute atomic E-state index is 12.2. The number of rotatable bonds is 6. The highest BCUT2D eigenvalue weighted by atomic mass is 16.7. The van der Waals surface area contributed by atoms with Gasteiger partial charge in [-0.05, 0) is 35.4 Å². The predicted molar refractivity (Wildman–Crippen MR) is 105 cm³/mol. The summed E-state index contributed by atoms with van der Waals surface area (Å²) >= 11 is 0. The summed E-state index contributed by atoms with van der Waals surface area (Å²) in [5, 5.41) is 10.3. The van der Waals surface area contributed by atoms with Gasteiger partial charge >= 0.3 is 5.97 Å². The summed E-state index contributed by atoms with van der Waals surface area (Å²) in [6.45, 7) is 14.2. The molecule has 1 fully saturated rings. The van der Waals surface area contributed by atoms with E-state index < -0.39 is 0 Å². The zero-order valence-electron chi connectivity index (χ0n) is 17.6. The van der Waals surface area contributed by atoms with Crippen LogP contribution >= 0.6 is 0 Å². The summed E-state index contributed by atoms with van der Waals surface area (Å²) in [6.07, 6.45) is 0.917. The van der Waals surface area contributed by atoms with Crippen molar-refractivity contribution in [3.05, 3.63) is 28.8 Å². The van der Waals surface area contributed by atoms with Crippen LogP contribution in [0.2, 0.25) is 0 Å². The van der Waals surface area contributed by atoms with Crippen molar-refractivity contribution in [1.82, 2.24) is 0 Å². The van der Waals surface area contributed by atoms with Gasteiger partial charge in [-0.3, -0.25) is 4.79 Å². The molecule has 152 valence electrons. The summed E-state index contributed by atoms with van der Waals surface area (Å²) < 4.78 is 16.2. The second kappa shape index (κ2) is 8.61. The molecule has 1 aliphatic rings. The Morgan fingerprint density at radius 1 is 1.19 bits per heavy atom. The van der Waals surface area contributed by atoms with Crippen LogP contribution in [-0.2, 0) is 30.8 Å². The number of benzene rings is 1. The number of carbonyl (C=O) groups is 1. The van der Waals surface area contributed by atoms with Crippen LogP contribution in [0.1, 0.15) is 57.7 Å². The molecular formula is C22H34O5. The fraction of sp³-hybridized carbons (Fsp3) is 0.682. The van der Waals surface area contributed by atoms with Crippen molar-refractivity contribution < 1.29 is 24.1 Å². The van der Waals surface area contributed by atoms with Crippen LogP contribution in [0.5, 0.6) is 5.75 Å². The Bertz CT molecular complexity index is 651. The Balaban J connectivity index is 1.91. The molecule has 1 heterocycles. The molecule has 2 rings (SSSR count). The van der Waals surface area contributed by atoms with Crippen LogP contribution < -0.4 is 0 Å². The zero-order chi connectivity index (χ0) is 20.2. The standard InChI is InChI=1S/C22H34O5/c1-15-9-16(10-18(20(15)24)21(2,3)4)7-8-19(23)27-13-22(5,6)17-11-25-14-26-12-17/h9-10,17,24H,7-8,11-14H2,1-6H3. The van der Waals surface area contributed by atoms with Crippen molar-refractivity contribution in [2.75, 3.05) is 26.6 Å². The van der Waals surface area contributed by atoms with E-state index in [-0.39, 0.29) is 22.7 Å². The first kappa shape index (κ1) is 21.7. The van der Waals surface area contributed by atoms with Gasteiger partial charge in [0.15, 0.2) is 0 Å². The van der Waals surface area contributed by atoms with Crippen molar-refractivity contribution in [3.8, 4) is 5.75 Å². The Hall–Kier alpha value is -1.59. The second-order valence-corrected chi connectivity index (χ2v) is 9.26. The number of aryl methyl sites for hydroxylation is 2. The SMILES string of the molecule is Cc1cc(CCC(=O)OCC(C)(C)C2COCOC2)cc(C(C)(C)C)c1O. The highest BCUT2D eigenvalue weighted by molar-refractivity contribution is 5.69. The van der Waals surface area contributed by atoms with Gasteiger partial charge in [0.05, 0.1) is 19.8 Å². The topological polar surface area (TPSA) is 65.0 Å². The Labute approximate surface area is 163 Å². The van der Waals surface area contributed by atoms with Crippen LogP contribution in [0.15, 0.2) is 12.1 Å². The fourth-order valence-corrected chi connectivity index (χ4v) is 3.21. The number of esters is 1. The fourth-order valence-electron chi connectivity index (χ4n) is 3.21. The lowest BCUT2D eigenvalue weighted by Crippen LogP contribution is -2.39. The van der Waals surface area contributed by atoms with Gasteiger partial charge in [-0.15, -0.1) is 0 Å². The minimum Gasteiger partial charge on any atom is -0.507 e. The van der Waals surface area contributed by atoms with Gasteiger partial charge in [-0.2, -0.15) is 0 Å². The van der Waals surface area contributed by atoms with Crippen LogP contribution in [-0.4, -0.2) is 37.7 Å². The molecule has 0 unspecified atom stereocenters. The van der Waals surface area contributed by atoms with E-state index in [1.807, 2.05) is 19.1 Å². The second-order valence-electron chi connectivity index (χ2n) is 9.26. The zero-order valence-corrected chi connectivity index (χ0v) is 17.6. The molecule has 5 heteroatoms. The van der Waals surface area contributed by atoms with E-state index in [0.717, 1.165) is 16.7 Å². The van der Waals surface area contributed by atoms with E-state index in [1.165, 1.54) is 0 Å². The van der Waals surface area contributed by atoms with Crippen molar-refractivity contribution in [1.29, 1.82) is 0 Å². The number of hydrogen-bond donors (Lipinski definition) is 1. The van der Waals surface area contributed by atoms with E-state index in [9.17, 15) is 9.90 Å². The average molecular weight is 379 g/mol. The maximum atomic E-state index is 12.2. The van der Waals surface area contributed by atoms with Gasteiger partial charge in [0.25, 0.3) is 0 Å². The summed E-state index contributed by atoms with van der Waals surface area (Å²) in [4.78, 5) is 12.2. The summed E-state index contributed by atoms with van der Waals surface area (Å²) in [5.41, 5.74) is 2.44. The minimum absolute atomic E-state index is 0.153. The molecule has 0 aliphatic carbocycles. The Morgan fingerprint density at radius 2 is 1.81 bits per heavy atom. The molecule has 1 aliphatic heterocycles. The molecule has 27 heavy (non-hydrogen) atoms. The molecule has 0 bridgehead atoms. The molecule has 0 amide bonds.